The van der Waals surface area contributed by atoms with Crippen molar-refractivity contribution in [2.24, 2.45) is 5.92 Å². The molecule has 2 fully saturated rings. The zero-order chi connectivity index (χ0) is 13.9. The van der Waals surface area contributed by atoms with Crippen LogP contribution in [0.1, 0.15) is 72.6 Å². The van der Waals surface area contributed by atoms with Crippen LogP contribution in [0, 0.1) is 5.92 Å². The SMILES string of the molecule is CCC(C)N1CC(CC(C)C)NCC12CCCCC2. The second kappa shape index (κ2) is 6.58. The third-order valence-electron chi connectivity index (χ3n) is 5.41. The number of piperazine rings is 1. The topological polar surface area (TPSA) is 15.3 Å². The first-order chi connectivity index (χ1) is 9.07. The second-order valence-electron chi connectivity index (χ2n) is 7.40. The molecule has 1 heterocycles. The van der Waals surface area contributed by atoms with E-state index in [-0.39, 0.29) is 0 Å². The van der Waals surface area contributed by atoms with Gasteiger partial charge in [0.05, 0.1) is 0 Å². The van der Waals surface area contributed by atoms with Crippen molar-refractivity contribution in [1.29, 1.82) is 0 Å². The Morgan fingerprint density at radius 2 is 1.84 bits per heavy atom. The van der Waals surface area contributed by atoms with E-state index in [1.165, 1.54) is 58.0 Å². The largest absolute Gasteiger partial charge is 0.311 e. The maximum Gasteiger partial charge on any atom is 0.0337 e. The van der Waals surface area contributed by atoms with Gasteiger partial charge >= 0.3 is 0 Å². The van der Waals surface area contributed by atoms with Gasteiger partial charge in [0.15, 0.2) is 0 Å². The molecule has 1 N–H and O–H groups in total. The highest BCUT2D eigenvalue weighted by atomic mass is 15.3. The van der Waals surface area contributed by atoms with Gasteiger partial charge in [0.2, 0.25) is 0 Å². The van der Waals surface area contributed by atoms with Crippen LogP contribution in [0.2, 0.25) is 0 Å². The predicted molar refractivity (Wildman–Crippen MR) is 83.5 cm³/mol. The molecule has 0 aromatic rings. The molecule has 1 aliphatic heterocycles. The number of nitrogens with one attached hydrogen (secondary N) is 1. The first kappa shape index (κ1) is 15.3. The molecule has 2 aliphatic rings. The second-order valence-corrected chi connectivity index (χ2v) is 7.40. The summed E-state index contributed by atoms with van der Waals surface area (Å²) >= 11 is 0. The molecule has 0 aromatic carbocycles. The Labute approximate surface area is 120 Å². The van der Waals surface area contributed by atoms with Gasteiger partial charge in [0.1, 0.15) is 0 Å². The number of rotatable bonds is 4. The van der Waals surface area contributed by atoms with Crippen LogP contribution in [-0.4, -0.2) is 35.6 Å². The van der Waals surface area contributed by atoms with Gasteiger partial charge in [-0.15, -0.1) is 0 Å². The Morgan fingerprint density at radius 1 is 1.16 bits per heavy atom. The molecule has 1 saturated carbocycles. The first-order valence-corrected chi connectivity index (χ1v) is 8.57. The average Bonchev–Trinajstić information content (AvgIpc) is 2.41. The van der Waals surface area contributed by atoms with Crippen molar-refractivity contribution in [1.82, 2.24) is 10.2 Å². The van der Waals surface area contributed by atoms with Crippen LogP contribution in [0.3, 0.4) is 0 Å². The Hall–Kier alpha value is -0.0800. The molecule has 2 unspecified atom stereocenters. The molecule has 1 spiro atoms. The van der Waals surface area contributed by atoms with Crippen LogP contribution in [-0.2, 0) is 0 Å². The standard InChI is InChI=1S/C17H34N2/c1-5-15(4)19-12-16(11-14(2)3)18-13-17(19)9-7-6-8-10-17/h14-16,18H,5-13H2,1-4H3. The van der Waals surface area contributed by atoms with Crippen LogP contribution in [0.15, 0.2) is 0 Å². The highest BCUT2D eigenvalue weighted by Gasteiger charge is 2.43. The quantitative estimate of drug-likeness (QED) is 0.832. The van der Waals surface area contributed by atoms with E-state index in [9.17, 15) is 0 Å². The van der Waals surface area contributed by atoms with Gasteiger partial charge in [-0.25, -0.2) is 0 Å². The molecule has 0 bridgehead atoms. The fourth-order valence-electron chi connectivity index (χ4n) is 4.20. The molecule has 2 atom stereocenters. The first-order valence-electron chi connectivity index (χ1n) is 8.57. The predicted octanol–water partition coefficient (Wildman–Crippen LogP) is 3.81. The Morgan fingerprint density at radius 3 is 2.42 bits per heavy atom. The van der Waals surface area contributed by atoms with Gasteiger partial charge in [-0.2, -0.15) is 0 Å². The summed E-state index contributed by atoms with van der Waals surface area (Å²) in [5.74, 6) is 0.802. The molecule has 0 radical (unpaired) electrons. The van der Waals surface area contributed by atoms with Crippen molar-refractivity contribution in [2.45, 2.75) is 90.3 Å². The smallest absolute Gasteiger partial charge is 0.0337 e. The number of nitrogens with zero attached hydrogens (tertiary/aromatic N) is 1. The van der Waals surface area contributed by atoms with E-state index >= 15 is 0 Å². The van der Waals surface area contributed by atoms with Crippen molar-refractivity contribution in [3.05, 3.63) is 0 Å². The van der Waals surface area contributed by atoms with Crippen LogP contribution >= 0.6 is 0 Å². The van der Waals surface area contributed by atoms with E-state index < -0.39 is 0 Å². The van der Waals surface area contributed by atoms with Crippen LogP contribution in [0.25, 0.3) is 0 Å². The molecule has 19 heavy (non-hydrogen) atoms. The minimum absolute atomic E-state index is 0.487. The maximum atomic E-state index is 3.88. The van der Waals surface area contributed by atoms with E-state index in [2.05, 4.69) is 37.9 Å². The van der Waals surface area contributed by atoms with Crippen molar-refractivity contribution in [2.75, 3.05) is 13.1 Å². The molecular formula is C17H34N2. The molecule has 2 nitrogen and oxygen atoms in total. The normalized spacial score (nSPS) is 29.8. The minimum Gasteiger partial charge on any atom is -0.311 e. The average molecular weight is 266 g/mol. The Balaban J connectivity index is 2.07. The molecule has 1 saturated heterocycles. The summed E-state index contributed by atoms with van der Waals surface area (Å²) in [6, 6.07) is 1.46. The van der Waals surface area contributed by atoms with Gasteiger partial charge in [0, 0.05) is 30.7 Å². The molecule has 1 aliphatic carbocycles. The monoisotopic (exact) mass is 266 g/mol. The number of hydrogen-bond acceptors (Lipinski definition) is 2. The lowest BCUT2D eigenvalue weighted by Gasteiger charge is -2.54. The lowest BCUT2D eigenvalue weighted by molar-refractivity contribution is -0.0215. The minimum atomic E-state index is 0.487. The van der Waals surface area contributed by atoms with Gasteiger partial charge < -0.3 is 5.32 Å². The third-order valence-corrected chi connectivity index (χ3v) is 5.41. The summed E-state index contributed by atoms with van der Waals surface area (Å²) in [7, 11) is 0. The van der Waals surface area contributed by atoms with Gasteiger partial charge in [-0.05, 0) is 38.5 Å². The maximum absolute atomic E-state index is 3.88. The van der Waals surface area contributed by atoms with E-state index in [0.717, 1.165) is 12.0 Å². The van der Waals surface area contributed by atoms with E-state index in [4.69, 9.17) is 0 Å². The summed E-state index contributed by atoms with van der Waals surface area (Å²) < 4.78 is 0. The van der Waals surface area contributed by atoms with Crippen LogP contribution in [0.5, 0.6) is 0 Å². The third kappa shape index (κ3) is 3.52. The number of hydrogen-bond donors (Lipinski definition) is 1. The summed E-state index contributed by atoms with van der Waals surface area (Å²) in [6.45, 7) is 12.0. The van der Waals surface area contributed by atoms with Crippen LogP contribution in [0.4, 0.5) is 0 Å². The molecule has 2 heteroatoms. The summed E-state index contributed by atoms with van der Waals surface area (Å²) in [6.07, 6.45) is 9.76. The fraction of sp³-hybridized carbons (Fsp3) is 1.00. The van der Waals surface area contributed by atoms with Crippen molar-refractivity contribution < 1.29 is 0 Å². The molecule has 0 aromatic heterocycles. The van der Waals surface area contributed by atoms with Crippen LogP contribution < -0.4 is 5.32 Å². The van der Waals surface area contributed by atoms with Crippen molar-refractivity contribution in [3.63, 3.8) is 0 Å². The van der Waals surface area contributed by atoms with Gasteiger partial charge in [0.25, 0.3) is 0 Å². The molecular weight excluding hydrogens is 232 g/mol. The summed E-state index contributed by atoms with van der Waals surface area (Å²) in [4.78, 5) is 2.88. The lowest BCUT2D eigenvalue weighted by Crippen LogP contribution is -2.67. The zero-order valence-electron chi connectivity index (χ0n) is 13.5. The highest BCUT2D eigenvalue weighted by Crippen LogP contribution is 2.37. The summed E-state index contributed by atoms with van der Waals surface area (Å²) in [5, 5.41) is 3.88. The highest BCUT2D eigenvalue weighted by molar-refractivity contribution is 5.02. The van der Waals surface area contributed by atoms with Gasteiger partial charge in [-0.1, -0.05) is 40.0 Å². The van der Waals surface area contributed by atoms with E-state index in [0.29, 0.717) is 11.6 Å². The Kier molecular flexibility index (Phi) is 5.30. The molecule has 0 amide bonds. The van der Waals surface area contributed by atoms with Gasteiger partial charge in [-0.3, -0.25) is 4.90 Å². The van der Waals surface area contributed by atoms with E-state index in [1.807, 2.05) is 0 Å². The van der Waals surface area contributed by atoms with E-state index in [1.54, 1.807) is 0 Å². The van der Waals surface area contributed by atoms with Crippen molar-refractivity contribution in [3.8, 4) is 0 Å². The Bertz CT molecular complexity index is 268. The summed E-state index contributed by atoms with van der Waals surface area (Å²) in [5.41, 5.74) is 0.487. The molecule has 2 rings (SSSR count). The molecule has 112 valence electrons. The van der Waals surface area contributed by atoms with Crippen molar-refractivity contribution >= 4 is 0 Å². The zero-order valence-corrected chi connectivity index (χ0v) is 13.5. The lowest BCUT2D eigenvalue weighted by atomic mass is 9.77. The fourth-order valence-corrected chi connectivity index (χ4v) is 4.20.